The zero-order valence-electron chi connectivity index (χ0n) is 23.5. The van der Waals surface area contributed by atoms with E-state index in [1.807, 2.05) is 6.92 Å². The van der Waals surface area contributed by atoms with Crippen LogP contribution in [0.1, 0.15) is 50.2 Å². The summed E-state index contributed by atoms with van der Waals surface area (Å²) in [6.45, 7) is 2.50. The fourth-order valence-corrected chi connectivity index (χ4v) is 6.67. The number of amides is 2. The van der Waals surface area contributed by atoms with Crippen LogP contribution in [0.5, 0.6) is 0 Å². The van der Waals surface area contributed by atoms with Crippen molar-refractivity contribution in [2.45, 2.75) is 69.5 Å². The van der Waals surface area contributed by atoms with Crippen molar-refractivity contribution in [3.63, 3.8) is 0 Å². The second kappa shape index (κ2) is 13.9. The topological polar surface area (TPSA) is 86.8 Å². The fraction of sp³-hybridized carbons (Fsp3) is 0.355. The molecular formula is C31H34Cl2FN3O4S. The lowest BCUT2D eigenvalue weighted by molar-refractivity contribution is -0.139. The standard InChI is InChI=1S/C31H34Cl2FN3O4S/c1-21-12-15-26(16-13-21)42(40,41)37(25-14-17-27(32)28(33)18-25)20-30(38)36(19-23-8-6-7-11-29(23)34)22(2)31(39)35-24-9-4-3-5-10-24/h6-8,11-18,22,24H,3-5,9-10,19-20H2,1-2H3,(H,35,39). The molecule has 0 radical (unpaired) electrons. The Morgan fingerprint density at radius 2 is 1.64 bits per heavy atom. The Labute approximate surface area is 256 Å². The van der Waals surface area contributed by atoms with Gasteiger partial charge in [0.1, 0.15) is 18.4 Å². The third-order valence-electron chi connectivity index (χ3n) is 7.50. The minimum Gasteiger partial charge on any atom is -0.352 e. The molecule has 0 heterocycles. The lowest BCUT2D eigenvalue weighted by Gasteiger charge is -2.33. The van der Waals surface area contributed by atoms with Crippen LogP contribution in [0.15, 0.2) is 71.6 Å². The summed E-state index contributed by atoms with van der Waals surface area (Å²) in [5.74, 6) is -1.61. The highest BCUT2D eigenvalue weighted by atomic mass is 35.5. The van der Waals surface area contributed by atoms with E-state index in [4.69, 9.17) is 23.2 Å². The number of anilines is 1. The predicted octanol–water partition coefficient (Wildman–Crippen LogP) is 6.50. The van der Waals surface area contributed by atoms with Gasteiger partial charge in [0.2, 0.25) is 11.8 Å². The van der Waals surface area contributed by atoms with E-state index in [1.54, 1.807) is 25.1 Å². The highest BCUT2D eigenvalue weighted by Crippen LogP contribution is 2.31. The van der Waals surface area contributed by atoms with Crippen LogP contribution in [0.25, 0.3) is 0 Å². The minimum absolute atomic E-state index is 0.00580. The third-order valence-corrected chi connectivity index (χ3v) is 10.0. The molecule has 1 aliphatic carbocycles. The van der Waals surface area contributed by atoms with Gasteiger partial charge in [-0.15, -0.1) is 0 Å². The van der Waals surface area contributed by atoms with Gasteiger partial charge in [-0.2, -0.15) is 0 Å². The number of nitrogens with one attached hydrogen (secondary N) is 1. The van der Waals surface area contributed by atoms with Gasteiger partial charge in [0, 0.05) is 18.2 Å². The maximum Gasteiger partial charge on any atom is 0.264 e. The molecule has 1 saturated carbocycles. The van der Waals surface area contributed by atoms with E-state index in [2.05, 4.69) is 5.32 Å². The molecular weight excluding hydrogens is 600 g/mol. The van der Waals surface area contributed by atoms with Crippen LogP contribution in [0.4, 0.5) is 10.1 Å². The van der Waals surface area contributed by atoms with E-state index in [-0.39, 0.29) is 44.7 Å². The molecule has 1 N–H and O–H groups in total. The Hall–Kier alpha value is -3.14. The van der Waals surface area contributed by atoms with Gasteiger partial charge in [0.05, 0.1) is 20.6 Å². The number of hydrogen-bond acceptors (Lipinski definition) is 4. The summed E-state index contributed by atoms with van der Waals surface area (Å²) < 4.78 is 43.5. The highest BCUT2D eigenvalue weighted by molar-refractivity contribution is 7.92. The molecule has 0 aliphatic heterocycles. The molecule has 224 valence electrons. The van der Waals surface area contributed by atoms with Crippen molar-refractivity contribution in [2.24, 2.45) is 0 Å². The Balaban J connectivity index is 1.70. The predicted molar refractivity (Wildman–Crippen MR) is 164 cm³/mol. The van der Waals surface area contributed by atoms with E-state index in [1.165, 1.54) is 53.4 Å². The van der Waals surface area contributed by atoms with Crippen LogP contribution in [-0.4, -0.2) is 43.8 Å². The van der Waals surface area contributed by atoms with Crippen molar-refractivity contribution < 1.29 is 22.4 Å². The molecule has 0 spiro atoms. The van der Waals surface area contributed by atoms with Gasteiger partial charge in [0.25, 0.3) is 10.0 Å². The van der Waals surface area contributed by atoms with Gasteiger partial charge in [-0.1, -0.05) is 78.4 Å². The lowest BCUT2D eigenvalue weighted by atomic mass is 9.95. The quantitative estimate of drug-likeness (QED) is 0.276. The van der Waals surface area contributed by atoms with Crippen LogP contribution in [0.2, 0.25) is 10.0 Å². The first-order chi connectivity index (χ1) is 20.0. The Kier molecular flexibility index (Phi) is 10.5. The van der Waals surface area contributed by atoms with Crippen LogP contribution in [-0.2, 0) is 26.2 Å². The van der Waals surface area contributed by atoms with Crippen molar-refractivity contribution in [3.8, 4) is 0 Å². The normalized spacial score (nSPS) is 14.7. The molecule has 4 rings (SSSR count). The summed E-state index contributed by atoms with van der Waals surface area (Å²) in [6.07, 6.45) is 4.82. The van der Waals surface area contributed by atoms with E-state index >= 15 is 0 Å². The van der Waals surface area contributed by atoms with Crippen molar-refractivity contribution in [1.29, 1.82) is 0 Å². The van der Waals surface area contributed by atoms with Crippen LogP contribution in [0, 0.1) is 12.7 Å². The summed E-state index contributed by atoms with van der Waals surface area (Å²) in [6, 6.07) is 15.4. The molecule has 0 aromatic heterocycles. The summed E-state index contributed by atoms with van der Waals surface area (Å²) in [4.78, 5) is 28.6. The zero-order chi connectivity index (χ0) is 30.4. The van der Waals surface area contributed by atoms with Crippen LogP contribution in [0.3, 0.4) is 0 Å². The number of aryl methyl sites for hydroxylation is 1. The number of nitrogens with zero attached hydrogens (tertiary/aromatic N) is 2. The number of halogens is 3. The van der Waals surface area contributed by atoms with Gasteiger partial charge in [0.15, 0.2) is 0 Å². The minimum atomic E-state index is -4.27. The molecule has 11 heteroatoms. The van der Waals surface area contributed by atoms with Crippen molar-refractivity contribution in [2.75, 3.05) is 10.8 Å². The SMILES string of the molecule is Cc1ccc(S(=O)(=O)N(CC(=O)N(Cc2ccccc2F)C(C)C(=O)NC2CCCCC2)c2ccc(Cl)c(Cl)c2)cc1. The summed E-state index contributed by atoms with van der Waals surface area (Å²) in [5.41, 5.74) is 1.18. The number of hydrogen-bond donors (Lipinski definition) is 1. The summed E-state index contributed by atoms with van der Waals surface area (Å²) >= 11 is 12.3. The van der Waals surface area contributed by atoms with Gasteiger partial charge in [-0.25, -0.2) is 12.8 Å². The molecule has 0 saturated heterocycles. The van der Waals surface area contributed by atoms with Gasteiger partial charge < -0.3 is 10.2 Å². The highest BCUT2D eigenvalue weighted by Gasteiger charge is 2.33. The molecule has 3 aromatic rings. The largest absolute Gasteiger partial charge is 0.352 e. The Bertz CT molecular complexity index is 1530. The maximum atomic E-state index is 14.7. The van der Waals surface area contributed by atoms with Gasteiger partial charge in [-0.3, -0.25) is 13.9 Å². The molecule has 1 unspecified atom stereocenters. The second-order valence-electron chi connectivity index (χ2n) is 10.6. The van der Waals surface area contributed by atoms with Crippen molar-refractivity contribution in [3.05, 3.63) is 93.7 Å². The Morgan fingerprint density at radius 3 is 2.29 bits per heavy atom. The van der Waals surface area contributed by atoms with E-state index < -0.39 is 34.3 Å². The maximum absolute atomic E-state index is 14.7. The third kappa shape index (κ3) is 7.62. The molecule has 1 fully saturated rings. The van der Waals surface area contributed by atoms with E-state index in [0.717, 1.165) is 42.0 Å². The first kappa shape index (κ1) is 31.8. The molecule has 7 nitrogen and oxygen atoms in total. The van der Waals surface area contributed by atoms with E-state index in [9.17, 15) is 22.4 Å². The molecule has 3 aromatic carbocycles. The first-order valence-electron chi connectivity index (χ1n) is 13.8. The number of sulfonamides is 1. The monoisotopic (exact) mass is 633 g/mol. The lowest BCUT2D eigenvalue weighted by Crippen LogP contribution is -2.53. The van der Waals surface area contributed by atoms with Crippen molar-refractivity contribution in [1.82, 2.24) is 10.2 Å². The molecule has 1 aliphatic rings. The number of carbonyl (C=O) groups excluding carboxylic acids is 2. The molecule has 1 atom stereocenters. The van der Waals surface area contributed by atoms with Crippen LogP contribution >= 0.6 is 23.2 Å². The number of benzene rings is 3. The molecule has 2 amide bonds. The molecule has 0 bridgehead atoms. The average molecular weight is 635 g/mol. The first-order valence-corrected chi connectivity index (χ1v) is 16.0. The van der Waals surface area contributed by atoms with Crippen LogP contribution < -0.4 is 9.62 Å². The smallest absolute Gasteiger partial charge is 0.264 e. The Morgan fingerprint density at radius 1 is 0.976 bits per heavy atom. The number of rotatable bonds is 10. The second-order valence-corrected chi connectivity index (χ2v) is 13.2. The van der Waals surface area contributed by atoms with Crippen molar-refractivity contribution >= 4 is 50.7 Å². The number of carbonyl (C=O) groups is 2. The van der Waals surface area contributed by atoms with E-state index in [0.29, 0.717) is 0 Å². The molecule has 42 heavy (non-hydrogen) atoms. The fourth-order valence-electron chi connectivity index (χ4n) is 4.97. The summed E-state index contributed by atoms with van der Waals surface area (Å²) in [5, 5.41) is 3.35. The summed E-state index contributed by atoms with van der Waals surface area (Å²) in [7, 11) is -4.27. The zero-order valence-corrected chi connectivity index (χ0v) is 25.9. The van der Waals surface area contributed by atoms with Gasteiger partial charge in [-0.05, 0) is 63.1 Å². The average Bonchev–Trinajstić information content (AvgIpc) is 2.97. The van der Waals surface area contributed by atoms with Gasteiger partial charge >= 0.3 is 0 Å².